The predicted octanol–water partition coefficient (Wildman–Crippen LogP) is 3.88. The van der Waals surface area contributed by atoms with Gasteiger partial charge in [-0.25, -0.2) is 14.2 Å². The average Bonchev–Trinajstić information content (AvgIpc) is 2.41. The number of carboxylic acid groups (broad SMARTS) is 1. The molecule has 3 N–H and O–H groups in total. The van der Waals surface area contributed by atoms with Gasteiger partial charge in [0, 0.05) is 12.1 Å². The molecule has 0 saturated heterocycles. The minimum Gasteiger partial charge on any atom is -0.465 e. The monoisotopic (exact) mass is 355 g/mol. The van der Waals surface area contributed by atoms with Gasteiger partial charge in [0.2, 0.25) is 0 Å². The number of nitrogens with zero attached hydrogens (tertiary/aromatic N) is 1. The van der Waals surface area contributed by atoms with Crippen molar-refractivity contribution >= 4 is 23.5 Å². The van der Waals surface area contributed by atoms with Crippen molar-refractivity contribution in [2.24, 2.45) is 0 Å². The number of nitrogens with one attached hydrogen (secondary N) is 2. The number of rotatable bonds is 3. The predicted molar refractivity (Wildman–Crippen MR) is 75.0 cm³/mol. The molecule has 10 heteroatoms. The standard InChI is InChI=1S/C13H14ClF4N3O2/c14-10-8(13(16,17)18)5-9(15)11(21-10)19-6-2-1-3-7(4-6)20-12(22)23/h5-7,20H,1-4H2,(H,19,21)(H,22,23)/t6-,7+/m0/s1. The van der Waals surface area contributed by atoms with E-state index in [1.165, 1.54) is 0 Å². The summed E-state index contributed by atoms with van der Waals surface area (Å²) in [7, 11) is 0. The third-order valence-corrected chi connectivity index (χ3v) is 3.87. The molecule has 1 aromatic rings. The molecular weight excluding hydrogens is 342 g/mol. The van der Waals surface area contributed by atoms with Crippen LogP contribution in [0.15, 0.2) is 6.07 Å². The van der Waals surface area contributed by atoms with Crippen LogP contribution in [0.25, 0.3) is 0 Å². The average molecular weight is 356 g/mol. The van der Waals surface area contributed by atoms with Crippen LogP contribution in [0.4, 0.5) is 28.2 Å². The molecule has 1 heterocycles. The summed E-state index contributed by atoms with van der Waals surface area (Å²) in [5, 5.41) is 12.9. The first kappa shape index (κ1) is 17.6. The maximum atomic E-state index is 13.8. The molecule has 1 amide bonds. The number of pyridine rings is 1. The fourth-order valence-corrected chi connectivity index (χ4v) is 2.83. The second-order valence-electron chi connectivity index (χ2n) is 5.31. The summed E-state index contributed by atoms with van der Waals surface area (Å²) in [5.74, 6) is -1.53. The zero-order chi connectivity index (χ0) is 17.2. The van der Waals surface area contributed by atoms with Gasteiger partial charge < -0.3 is 15.7 Å². The molecular formula is C13H14ClF4N3O2. The van der Waals surface area contributed by atoms with Crippen LogP contribution in [0, 0.1) is 5.82 Å². The van der Waals surface area contributed by atoms with Crippen LogP contribution in [0.5, 0.6) is 0 Å². The Morgan fingerprint density at radius 2 is 2.00 bits per heavy atom. The van der Waals surface area contributed by atoms with Gasteiger partial charge in [0.1, 0.15) is 5.15 Å². The first-order chi connectivity index (χ1) is 10.7. The highest BCUT2D eigenvalue weighted by molar-refractivity contribution is 6.30. The van der Waals surface area contributed by atoms with Gasteiger partial charge in [0.05, 0.1) is 5.56 Å². The molecule has 5 nitrogen and oxygen atoms in total. The van der Waals surface area contributed by atoms with Crippen molar-refractivity contribution in [3.05, 3.63) is 22.6 Å². The van der Waals surface area contributed by atoms with E-state index < -0.39 is 28.8 Å². The number of hydrogen-bond acceptors (Lipinski definition) is 3. The maximum Gasteiger partial charge on any atom is 0.419 e. The van der Waals surface area contributed by atoms with Crippen molar-refractivity contribution in [3.8, 4) is 0 Å². The van der Waals surface area contributed by atoms with Crippen molar-refractivity contribution < 1.29 is 27.5 Å². The van der Waals surface area contributed by atoms with E-state index in [9.17, 15) is 22.4 Å². The molecule has 1 aliphatic carbocycles. The van der Waals surface area contributed by atoms with Crippen LogP contribution in [0.3, 0.4) is 0 Å². The van der Waals surface area contributed by atoms with Crippen LogP contribution in [0.2, 0.25) is 5.15 Å². The van der Waals surface area contributed by atoms with Crippen molar-refractivity contribution in [2.75, 3.05) is 5.32 Å². The fourth-order valence-electron chi connectivity index (χ4n) is 2.59. The lowest BCUT2D eigenvalue weighted by atomic mass is 9.91. The van der Waals surface area contributed by atoms with E-state index in [2.05, 4.69) is 15.6 Å². The van der Waals surface area contributed by atoms with Crippen molar-refractivity contribution in [2.45, 2.75) is 43.9 Å². The molecule has 2 rings (SSSR count). The summed E-state index contributed by atoms with van der Waals surface area (Å²) in [6.45, 7) is 0. The van der Waals surface area contributed by atoms with Gasteiger partial charge in [-0.2, -0.15) is 13.2 Å². The van der Waals surface area contributed by atoms with E-state index in [4.69, 9.17) is 16.7 Å². The minimum atomic E-state index is -4.79. The lowest BCUT2D eigenvalue weighted by Gasteiger charge is -2.30. The van der Waals surface area contributed by atoms with Gasteiger partial charge in [-0.1, -0.05) is 11.6 Å². The molecule has 0 aliphatic heterocycles. The number of aromatic nitrogens is 1. The fraction of sp³-hybridized carbons (Fsp3) is 0.538. The molecule has 0 bridgehead atoms. The summed E-state index contributed by atoms with van der Waals surface area (Å²) in [4.78, 5) is 14.1. The van der Waals surface area contributed by atoms with Gasteiger partial charge in [0.15, 0.2) is 11.6 Å². The number of anilines is 1. The van der Waals surface area contributed by atoms with Gasteiger partial charge in [0.25, 0.3) is 0 Å². The summed E-state index contributed by atoms with van der Waals surface area (Å²) >= 11 is 5.47. The Hall–Kier alpha value is -1.77. The Bertz CT molecular complexity index is 597. The smallest absolute Gasteiger partial charge is 0.419 e. The Labute approximate surface area is 134 Å². The van der Waals surface area contributed by atoms with Crippen LogP contribution in [-0.2, 0) is 6.18 Å². The summed E-state index contributed by atoms with van der Waals surface area (Å²) in [6.07, 6.45) is -3.60. The lowest BCUT2D eigenvalue weighted by molar-refractivity contribution is -0.137. The molecule has 1 fully saturated rings. The molecule has 1 saturated carbocycles. The Morgan fingerprint density at radius 3 is 2.61 bits per heavy atom. The number of carbonyl (C=O) groups is 1. The van der Waals surface area contributed by atoms with Crippen LogP contribution in [0.1, 0.15) is 31.2 Å². The van der Waals surface area contributed by atoms with Crippen LogP contribution < -0.4 is 10.6 Å². The Morgan fingerprint density at radius 1 is 1.35 bits per heavy atom. The van der Waals surface area contributed by atoms with Crippen LogP contribution >= 0.6 is 11.6 Å². The van der Waals surface area contributed by atoms with Crippen molar-refractivity contribution in [1.29, 1.82) is 0 Å². The van der Waals surface area contributed by atoms with Gasteiger partial charge in [-0.15, -0.1) is 0 Å². The largest absolute Gasteiger partial charge is 0.465 e. The molecule has 0 unspecified atom stereocenters. The molecule has 23 heavy (non-hydrogen) atoms. The zero-order valence-electron chi connectivity index (χ0n) is 11.8. The third-order valence-electron chi connectivity index (χ3n) is 3.58. The SMILES string of the molecule is O=C(O)N[C@@H]1CCC[C@H](Nc2nc(Cl)c(C(F)(F)F)cc2F)C1. The number of amides is 1. The van der Waals surface area contributed by atoms with Crippen molar-refractivity contribution in [1.82, 2.24) is 10.3 Å². The number of halogens is 5. The number of hydrogen-bond donors (Lipinski definition) is 3. The van der Waals surface area contributed by atoms with Gasteiger partial charge in [-0.05, 0) is 31.7 Å². The van der Waals surface area contributed by atoms with E-state index in [-0.39, 0.29) is 17.9 Å². The molecule has 1 aliphatic rings. The first-order valence-corrected chi connectivity index (χ1v) is 7.24. The molecule has 0 aromatic carbocycles. The molecule has 128 valence electrons. The maximum absolute atomic E-state index is 13.8. The summed E-state index contributed by atoms with van der Waals surface area (Å²) in [6, 6.07) is -0.310. The van der Waals surface area contributed by atoms with Crippen LogP contribution in [-0.4, -0.2) is 28.3 Å². The normalized spacial score (nSPS) is 21.8. The summed E-state index contributed by atoms with van der Waals surface area (Å²) < 4.78 is 51.7. The lowest BCUT2D eigenvalue weighted by Crippen LogP contribution is -2.41. The minimum absolute atomic E-state index is 0.299. The van der Waals surface area contributed by atoms with E-state index in [0.29, 0.717) is 31.7 Å². The van der Waals surface area contributed by atoms with E-state index >= 15 is 0 Å². The van der Waals surface area contributed by atoms with E-state index in [1.807, 2.05) is 0 Å². The molecule has 2 atom stereocenters. The zero-order valence-corrected chi connectivity index (χ0v) is 12.5. The first-order valence-electron chi connectivity index (χ1n) is 6.86. The topological polar surface area (TPSA) is 74.2 Å². The van der Waals surface area contributed by atoms with Gasteiger partial charge in [-0.3, -0.25) is 0 Å². The van der Waals surface area contributed by atoms with Gasteiger partial charge >= 0.3 is 12.3 Å². The highest BCUT2D eigenvalue weighted by Crippen LogP contribution is 2.35. The second-order valence-corrected chi connectivity index (χ2v) is 5.67. The summed E-state index contributed by atoms with van der Waals surface area (Å²) in [5.41, 5.74) is -1.34. The molecule has 0 radical (unpaired) electrons. The second kappa shape index (κ2) is 6.77. The van der Waals surface area contributed by atoms with Crippen molar-refractivity contribution in [3.63, 3.8) is 0 Å². The van der Waals surface area contributed by atoms with E-state index in [1.54, 1.807) is 0 Å². The highest BCUT2D eigenvalue weighted by atomic mass is 35.5. The molecule has 0 spiro atoms. The third kappa shape index (κ3) is 4.60. The number of alkyl halides is 3. The molecule has 1 aromatic heterocycles. The highest BCUT2D eigenvalue weighted by Gasteiger charge is 2.35. The van der Waals surface area contributed by atoms with E-state index in [0.717, 1.165) is 0 Å². The quantitative estimate of drug-likeness (QED) is 0.568. The Kier molecular flexibility index (Phi) is 5.18. The Balaban J connectivity index is 2.11.